The Morgan fingerprint density at radius 2 is 1.18 bits per heavy atom. The summed E-state index contributed by atoms with van der Waals surface area (Å²) in [4.78, 5) is 0. The fourth-order valence-corrected chi connectivity index (χ4v) is 6.52. The molecule has 0 aliphatic carbocycles. The van der Waals surface area contributed by atoms with E-state index >= 15 is 0 Å². The van der Waals surface area contributed by atoms with Gasteiger partial charge in [-0.15, -0.1) is 0 Å². The second kappa shape index (κ2) is 10.8. The molecule has 3 aromatic rings. The summed E-state index contributed by atoms with van der Waals surface area (Å²) < 4.78 is 6.78. The molecule has 0 saturated heterocycles. The minimum atomic E-state index is -0.826. The van der Waals surface area contributed by atoms with E-state index in [9.17, 15) is 0 Å². The van der Waals surface area contributed by atoms with Crippen molar-refractivity contribution in [3.05, 3.63) is 96.6 Å². The van der Waals surface area contributed by atoms with Crippen LogP contribution in [0.3, 0.4) is 0 Å². The summed E-state index contributed by atoms with van der Waals surface area (Å²) in [5, 5.41) is 2.98. The van der Waals surface area contributed by atoms with Crippen LogP contribution >= 0.6 is 19.9 Å². The third-order valence-electron chi connectivity index (χ3n) is 4.66. The Morgan fingerprint density at radius 3 is 1.64 bits per heavy atom. The molecule has 0 aliphatic rings. The molecule has 146 valence electrons. The van der Waals surface area contributed by atoms with Gasteiger partial charge in [-0.2, -0.15) is 11.8 Å². The van der Waals surface area contributed by atoms with Crippen molar-refractivity contribution in [1.29, 1.82) is 0 Å². The van der Waals surface area contributed by atoms with Crippen molar-refractivity contribution >= 4 is 30.5 Å². The monoisotopic (exact) mass is 408 g/mol. The normalized spacial score (nSPS) is 13.6. The van der Waals surface area contributed by atoms with Gasteiger partial charge < -0.3 is 4.52 Å². The van der Waals surface area contributed by atoms with Gasteiger partial charge in [-0.05, 0) is 18.4 Å². The van der Waals surface area contributed by atoms with Crippen molar-refractivity contribution in [1.82, 2.24) is 0 Å². The molecule has 2 atom stereocenters. The first-order chi connectivity index (χ1) is 13.6. The first-order valence-electron chi connectivity index (χ1n) is 9.87. The van der Waals surface area contributed by atoms with Crippen LogP contribution in [0.5, 0.6) is 0 Å². The first kappa shape index (κ1) is 21.1. The van der Waals surface area contributed by atoms with Crippen molar-refractivity contribution in [2.75, 3.05) is 0 Å². The summed E-state index contributed by atoms with van der Waals surface area (Å²) in [6, 6.07) is 32.0. The van der Waals surface area contributed by atoms with Crippen LogP contribution in [0.1, 0.15) is 26.3 Å². The second-order valence-electron chi connectivity index (χ2n) is 7.28. The molecule has 0 heterocycles. The van der Waals surface area contributed by atoms with Crippen molar-refractivity contribution in [3.8, 4) is 0 Å². The van der Waals surface area contributed by atoms with Crippen LogP contribution in [-0.4, -0.2) is 11.4 Å². The number of hydrogen-bond acceptors (Lipinski definition) is 2. The molecule has 0 spiro atoms. The lowest BCUT2D eigenvalue weighted by Gasteiger charge is -2.31. The molecule has 0 radical (unpaired) electrons. The molecule has 0 unspecified atom stereocenters. The molecule has 3 aromatic carbocycles. The molecule has 0 aromatic heterocycles. The zero-order chi connectivity index (χ0) is 19.8. The van der Waals surface area contributed by atoms with Gasteiger partial charge in [0.05, 0.1) is 14.3 Å². The average Bonchev–Trinajstić information content (AvgIpc) is 2.74. The smallest absolute Gasteiger partial charge is 0.0922 e. The van der Waals surface area contributed by atoms with E-state index in [0.717, 1.165) is 5.75 Å². The maximum atomic E-state index is 6.78. The third kappa shape index (κ3) is 5.95. The molecule has 28 heavy (non-hydrogen) atoms. The fraction of sp³-hybridized carbons (Fsp3) is 0.280. The van der Waals surface area contributed by atoms with Crippen molar-refractivity contribution in [2.24, 2.45) is 5.92 Å². The summed E-state index contributed by atoms with van der Waals surface area (Å²) in [7, 11) is -0.826. The van der Waals surface area contributed by atoms with Crippen LogP contribution < -0.4 is 10.6 Å². The van der Waals surface area contributed by atoms with Crippen molar-refractivity contribution in [3.63, 3.8) is 0 Å². The van der Waals surface area contributed by atoms with E-state index < -0.39 is 8.15 Å². The average molecular weight is 409 g/mol. The quantitative estimate of drug-likeness (QED) is 0.379. The number of thioether (sulfide) groups is 1. The van der Waals surface area contributed by atoms with Crippen LogP contribution in [0.15, 0.2) is 91.0 Å². The van der Waals surface area contributed by atoms with Crippen LogP contribution in [0.4, 0.5) is 0 Å². The Kier molecular flexibility index (Phi) is 8.15. The van der Waals surface area contributed by atoms with E-state index in [4.69, 9.17) is 4.52 Å². The Morgan fingerprint density at radius 1 is 0.714 bits per heavy atom. The summed E-state index contributed by atoms with van der Waals surface area (Å²) in [5.41, 5.74) is 1.37. The van der Waals surface area contributed by atoms with Gasteiger partial charge in [-0.25, -0.2) is 0 Å². The lowest BCUT2D eigenvalue weighted by molar-refractivity contribution is 0.228. The zero-order valence-corrected chi connectivity index (χ0v) is 18.6. The first-order valence-corrected chi connectivity index (χ1v) is 12.2. The van der Waals surface area contributed by atoms with Gasteiger partial charge in [-0.3, -0.25) is 0 Å². The standard InChI is InChI=1S/C25H29OPS/c1-20(2)25(28-19-22-13-7-4-8-14-22)21(3)26-27(23-15-9-5-10-16-23)24-17-11-6-12-18-24/h4-18,20-21,25H,19H2,1-3H3/t21-,25+/m0/s1. The lowest BCUT2D eigenvalue weighted by Crippen LogP contribution is -2.29. The van der Waals surface area contributed by atoms with E-state index in [0.29, 0.717) is 11.2 Å². The zero-order valence-electron chi connectivity index (χ0n) is 16.9. The predicted octanol–water partition coefficient (Wildman–Crippen LogP) is 6.40. The van der Waals surface area contributed by atoms with E-state index in [1.807, 2.05) is 11.8 Å². The van der Waals surface area contributed by atoms with Crippen LogP contribution in [-0.2, 0) is 10.3 Å². The van der Waals surface area contributed by atoms with Gasteiger partial charge in [0.1, 0.15) is 0 Å². The van der Waals surface area contributed by atoms with Gasteiger partial charge in [0, 0.05) is 21.6 Å². The van der Waals surface area contributed by atoms with Gasteiger partial charge in [0.15, 0.2) is 0 Å². The van der Waals surface area contributed by atoms with Gasteiger partial charge in [0.25, 0.3) is 0 Å². The molecule has 0 fully saturated rings. The van der Waals surface area contributed by atoms with E-state index in [-0.39, 0.29) is 6.10 Å². The Hall–Kier alpha value is -1.60. The molecule has 0 amide bonds. The highest BCUT2D eigenvalue weighted by atomic mass is 32.2. The van der Waals surface area contributed by atoms with Crippen molar-refractivity contribution in [2.45, 2.75) is 37.9 Å². The third-order valence-corrected chi connectivity index (χ3v) is 8.55. The maximum Gasteiger partial charge on any atom is 0.0922 e. The van der Waals surface area contributed by atoms with E-state index in [1.165, 1.54) is 16.2 Å². The molecule has 0 bridgehead atoms. The molecule has 0 aliphatic heterocycles. The van der Waals surface area contributed by atoms with Crippen LogP contribution in [0.2, 0.25) is 0 Å². The van der Waals surface area contributed by atoms with Gasteiger partial charge in [0.2, 0.25) is 0 Å². The number of rotatable bonds is 9. The second-order valence-corrected chi connectivity index (χ2v) is 10.3. The van der Waals surface area contributed by atoms with Crippen LogP contribution in [0, 0.1) is 5.92 Å². The highest BCUT2D eigenvalue weighted by Gasteiger charge is 2.26. The molecule has 0 N–H and O–H groups in total. The number of hydrogen-bond donors (Lipinski definition) is 0. The molecular weight excluding hydrogens is 379 g/mol. The number of benzene rings is 3. The predicted molar refractivity (Wildman–Crippen MR) is 126 cm³/mol. The minimum absolute atomic E-state index is 0.167. The van der Waals surface area contributed by atoms with E-state index in [1.54, 1.807) is 0 Å². The molecule has 3 rings (SSSR count). The van der Waals surface area contributed by atoms with Crippen LogP contribution in [0.25, 0.3) is 0 Å². The molecule has 1 nitrogen and oxygen atoms in total. The maximum absolute atomic E-state index is 6.78. The summed E-state index contributed by atoms with van der Waals surface area (Å²) in [6.07, 6.45) is 0.167. The van der Waals surface area contributed by atoms with E-state index in [2.05, 4.69) is 112 Å². The Labute approximate surface area is 175 Å². The summed E-state index contributed by atoms with van der Waals surface area (Å²) in [5.74, 6) is 1.57. The highest BCUT2D eigenvalue weighted by molar-refractivity contribution is 7.99. The van der Waals surface area contributed by atoms with Crippen molar-refractivity contribution < 1.29 is 4.52 Å². The Balaban J connectivity index is 1.76. The summed E-state index contributed by atoms with van der Waals surface area (Å²) >= 11 is 2.01. The topological polar surface area (TPSA) is 9.23 Å². The van der Waals surface area contributed by atoms with Gasteiger partial charge >= 0.3 is 0 Å². The minimum Gasteiger partial charge on any atom is -0.346 e. The molecular formula is C25H29OPS. The summed E-state index contributed by atoms with van der Waals surface area (Å²) in [6.45, 7) is 6.84. The Bertz CT molecular complexity index is 768. The SMILES string of the molecule is CC(C)[C@@H](SCc1ccccc1)[C@H](C)OP(c1ccccc1)c1ccccc1. The van der Waals surface area contributed by atoms with Gasteiger partial charge in [-0.1, -0.05) is 105 Å². The lowest BCUT2D eigenvalue weighted by atomic mass is 10.1. The highest BCUT2D eigenvalue weighted by Crippen LogP contribution is 2.40. The molecule has 3 heteroatoms. The largest absolute Gasteiger partial charge is 0.346 e. The molecule has 0 saturated carbocycles. The fourth-order valence-electron chi connectivity index (χ4n) is 3.26.